The van der Waals surface area contributed by atoms with Crippen molar-refractivity contribution in [1.29, 1.82) is 0 Å². The van der Waals surface area contributed by atoms with Gasteiger partial charge in [0.25, 0.3) is 0 Å². The molecule has 0 fully saturated rings. The van der Waals surface area contributed by atoms with E-state index in [9.17, 15) is 5.11 Å². The highest BCUT2D eigenvalue weighted by molar-refractivity contribution is 9.10. The summed E-state index contributed by atoms with van der Waals surface area (Å²) in [7, 11) is 0. The maximum atomic E-state index is 9.18. The molecule has 1 aromatic carbocycles. The fraction of sp³-hybridized carbons (Fsp3) is 0.455. The highest BCUT2D eigenvalue weighted by Gasteiger charge is 2.06. The molecule has 0 bridgehead atoms. The van der Waals surface area contributed by atoms with Gasteiger partial charge in [0.05, 0.1) is 6.61 Å². The largest absolute Gasteiger partial charge is 0.396 e. The predicted molar refractivity (Wildman–Crippen MR) is 67.0 cm³/mol. The number of hydrogen-bond donors (Lipinski definition) is 2. The first-order valence-corrected chi connectivity index (χ1v) is 6.58. The van der Waals surface area contributed by atoms with Crippen LogP contribution in [0.1, 0.15) is 12.5 Å². The third-order valence-electron chi connectivity index (χ3n) is 2.03. The second-order valence-electron chi connectivity index (χ2n) is 3.51. The summed E-state index contributed by atoms with van der Waals surface area (Å²) in [5.41, 5.74) is 0.930. The summed E-state index contributed by atoms with van der Waals surface area (Å²) < 4.78 is 0.978. The van der Waals surface area contributed by atoms with Gasteiger partial charge in [0.2, 0.25) is 0 Å². The van der Waals surface area contributed by atoms with Crippen LogP contribution in [-0.4, -0.2) is 22.6 Å². The second kappa shape index (κ2) is 6.53. The highest BCUT2D eigenvalue weighted by atomic mass is 79.9. The number of aliphatic hydroxyl groups is 2. The Morgan fingerprint density at radius 3 is 2.73 bits per heavy atom. The molecule has 0 aliphatic carbocycles. The Morgan fingerprint density at radius 2 is 2.13 bits per heavy atom. The number of benzene rings is 1. The second-order valence-corrected chi connectivity index (χ2v) is 5.49. The van der Waals surface area contributed by atoms with Gasteiger partial charge in [-0.15, -0.1) is 11.8 Å². The molecule has 84 valence electrons. The van der Waals surface area contributed by atoms with Crippen molar-refractivity contribution in [3.8, 4) is 0 Å². The molecule has 0 heterocycles. The number of halogens is 1. The molecule has 0 aliphatic rings. The highest BCUT2D eigenvalue weighted by Crippen LogP contribution is 2.27. The van der Waals surface area contributed by atoms with Gasteiger partial charge in [0, 0.05) is 21.7 Å². The van der Waals surface area contributed by atoms with Gasteiger partial charge in [0.15, 0.2) is 0 Å². The maximum absolute atomic E-state index is 9.18. The summed E-state index contributed by atoms with van der Waals surface area (Å²) in [6, 6.07) is 5.88. The van der Waals surface area contributed by atoms with Gasteiger partial charge in [-0.25, -0.2) is 0 Å². The number of aliphatic hydroxyl groups excluding tert-OH is 2. The van der Waals surface area contributed by atoms with Crippen LogP contribution in [0.3, 0.4) is 0 Å². The molecule has 1 aromatic rings. The van der Waals surface area contributed by atoms with Crippen molar-refractivity contribution < 1.29 is 10.2 Å². The van der Waals surface area contributed by atoms with E-state index in [0.717, 1.165) is 20.7 Å². The van der Waals surface area contributed by atoms with Gasteiger partial charge in [-0.1, -0.05) is 22.9 Å². The van der Waals surface area contributed by atoms with Crippen LogP contribution in [0.15, 0.2) is 27.6 Å². The smallest absolute Gasteiger partial charge is 0.0693 e. The molecule has 15 heavy (non-hydrogen) atoms. The SMILES string of the molecule is CC(CO)CSc1ccc(Br)cc1CO. The Kier molecular flexibility index (Phi) is 5.68. The molecule has 0 saturated heterocycles. The van der Waals surface area contributed by atoms with E-state index in [1.807, 2.05) is 25.1 Å². The van der Waals surface area contributed by atoms with Gasteiger partial charge >= 0.3 is 0 Å². The van der Waals surface area contributed by atoms with Crippen LogP contribution in [0.2, 0.25) is 0 Å². The average molecular weight is 291 g/mol. The average Bonchev–Trinajstić information content (AvgIpc) is 2.26. The third-order valence-corrected chi connectivity index (χ3v) is 3.97. The van der Waals surface area contributed by atoms with E-state index in [1.165, 1.54) is 0 Å². The fourth-order valence-electron chi connectivity index (χ4n) is 1.10. The fourth-order valence-corrected chi connectivity index (χ4v) is 2.55. The topological polar surface area (TPSA) is 40.5 Å². The quantitative estimate of drug-likeness (QED) is 0.819. The van der Waals surface area contributed by atoms with Crippen LogP contribution >= 0.6 is 27.7 Å². The molecule has 1 unspecified atom stereocenters. The van der Waals surface area contributed by atoms with Crippen LogP contribution in [0.5, 0.6) is 0 Å². The van der Waals surface area contributed by atoms with Crippen molar-refractivity contribution in [2.24, 2.45) is 5.92 Å². The van der Waals surface area contributed by atoms with Crippen LogP contribution in [0.25, 0.3) is 0 Å². The molecule has 0 radical (unpaired) electrons. The number of hydrogen-bond acceptors (Lipinski definition) is 3. The van der Waals surface area contributed by atoms with Gasteiger partial charge in [-0.3, -0.25) is 0 Å². The standard InChI is InChI=1S/C11H15BrO2S/c1-8(5-13)7-15-11-3-2-10(12)4-9(11)6-14/h2-4,8,13-14H,5-7H2,1H3. The molecule has 0 spiro atoms. The van der Waals surface area contributed by atoms with E-state index in [1.54, 1.807) is 11.8 Å². The van der Waals surface area contributed by atoms with Gasteiger partial charge in [-0.2, -0.15) is 0 Å². The molecule has 4 heteroatoms. The molecule has 2 nitrogen and oxygen atoms in total. The van der Waals surface area contributed by atoms with E-state index >= 15 is 0 Å². The lowest BCUT2D eigenvalue weighted by Crippen LogP contribution is -2.03. The van der Waals surface area contributed by atoms with E-state index in [-0.39, 0.29) is 19.1 Å². The van der Waals surface area contributed by atoms with Gasteiger partial charge in [-0.05, 0) is 29.7 Å². The minimum absolute atomic E-state index is 0.0509. The lowest BCUT2D eigenvalue weighted by Gasteiger charge is -2.10. The Morgan fingerprint density at radius 1 is 1.40 bits per heavy atom. The van der Waals surface area contributed by atoms with E-state index in [4.69, 9.17) is 5.11 Å². The summed E-state index contributed by atoms with van der Waals surface area (Å²) in [5.74, 6) is 1.15. The summed E-state index contributed by atoms with van der Waals surface area (Å²) >= 11 is 5.04. The zero-order chi connectivity index (χ0) is 11.3. The Balaban J connectivity index is 2.67. The van der Waals surface area contributed by atoms with Crippen LogP contribution in [-0.2, 0) is 6.61 Å². The van der Waals surface area contributed by atoms with Gasteiger partial charge in [0.1, 0.15) is 0 Å². The van der Waals surface area contributed by atoms with Crippen LogP contribution in [0, 0.1) is 5.92 Å². The first-order chi connectivity index (χ1) is 7.17. The van der Waals surface area contributed by atoms with E-state index in [0.29, 0.717) is 0 Å². The Bertz CT molecular complexity index is 317. The molecule has 0 aliphatic heterocycles. The lowest BCUT2D eigenvalue weighted by atomic mass is 10.2. The molecular formula is C11H15BrO2S. The van der Waals surface area contributed by atoms with Crippen molar-refractivity contribution in [1.82, 2.24) is 0 Å². The number of thioether (sulfide) groups is 1. The van der Waals surface area contributed by atoms with E-state index in [2.05, 4.69) is 15.9 Å². The van der Waals surface area contributed by atoms with Crippen LogP contribution < -0.4 is 0 Å². The van der Waals surface area contributed by atoms with Crippen molar-refractivity contribution in [2.75, 3.05) is 12.4 Å². The predicted octanol–water partition coefficient (Wildman–Crippen LogP) is 2.66. The maximum Gasteiger partial charge on any atom is 0.0693 e. The zero-order valence-electron chi connectivity index (χ0n) is 8.61. The van der Waals surface area contributed by atoms with Crippen molar-refractivity contribution >= 4 is 27.7 Å². The van der Waals surface area contributed by atoms with Crippen molar-refractivity contribution in [3.63, 3.8) is 0 Å². The molecule has 1 rings (SSSR count). The zero-order valence-corrected chi connectivity index (χ0v) is 11.0. The summed E-state index contributed by atoms with van der Waals surface area (Å²) in [6.45, 7) is 2.26. The molecule has 1 atom stereocenters. The van der Waals surface area contributed by atoms with Crippen molar-refractivity contribution in [3.05, 3.63) is 28.2 Å². The van der Waals surface area contributed by atoms with Crippen molar-refractivity contribution in [2.45, 2.75) is 18.4 Å². The molecule has 0 saturated carbocycles. The minimum atomic E-state index is 0.0509. The first-order valence-electron chi connectivity index (χ1n) is 4.80. The van der Waals surface area contributed by atoms with E-state index < -0.39 is 0 Å². The van der Waals surface area contributed by atoms with Gasteiger partial charge < -0.3 is 10.2 Å². The normalized spacial score (nSPS) is 12.8. The Labute approximate surface area is 103 Å². The molecule has 0 aromatic heterocycles. The monoisotopic (exact) mass is 290 g/mol. The lowest BCUT2D eigenvalue weighted by molar-refractivity contribution is 0.250. The Hall–Kier alpha value is -0.0300. The number of rotatable bonds is 5. The molecule has 2 N–H and O–H groups in total. The summed E-state index contributed by atoms with van der Waals surface area (Å²) in [5, 5.41) is 18.1. The summed E-state index contributed by atoms with van der Waals surface area (Å²) in [4.78, 5) is 1.08. The minimum Gasteiger partial charge on any atom is -0.396 e. The summed E-state index contributed by atoms with van der Waals surface area (Å²) in [6.07, 6.45) is 0. The third kappa shape index (κ3) is 4.15. The molecule has 0 amide bonds. The first kappa shape index (κ1) is 13.0. The van der Waals surface area contributed by atoms with Crippen LogP contribution in [0.4, 0.5) is 0 Å². The molecular weight excluding hydrogens is 276 g/mol.